The van der Waals surface area contributed by atoms with Crippen LogP contribution in [0.4, 0.5) is 0 Å². The van der Waals surface area contributed by atoms with Gasteiger partial charge in [0.05, 0.1) is 5.76 Å². The highest BCUT2D eigenvalue weighted by Crippen LogP contribution is 2.29. The molecule has 70 valence electrons. The van der Waals surface area contributed by atoms with Crippen LogP contribution < -0.4 is 0 Å². The highest BCUT2D eigenvalue weighted by atomic mass is 16.7. The molecule has 3 heteroatoms. The standard InChI is InChI=1S/C9H16O3/c1-7(12-9(10)11)8-5-3-2-4-6-8/h8-11H,1-6H2. The van der Waals surface area contributed by atoms with E-state index in [9.17, 15) is 0 Å². The normalized spacial score (nSPS) is 19.6. The van der Waals surface area contributed by atoms with Gasteiger partial charge in [-0.15, -0.1) is 0 Å². The Balaban J connectivity index is 2.30. The Morgan fingerprint density at radius 1 is 1.25 bits per heavy atom. The fourth-order valence-electron chi connectivity index (χ4n) is 1.66. The molecule has 0 amide bonds. The van der Waals surface area contributed by atoms with Crippen LogP contribution >= 0.6 is 0 Å². The molecule has 1 saturated carbocycles. The summed E-state index contributed by atoms with van der Waals surface area (Å²) >= 11 is 0. The smallest absolute Gasteiger partial charge is 0.310 e. The molecule has 1 aliphatic rings. The zero-order valence-electron chi connectivity index (χ0n) is 7.20. The molecule has 0 aliphatic heterocycles. The van der Waals surface area contributed by atoms with Gasteiger partial charge in [0.1, 0.15) is 0 Å². The molecule has 1 rings (SSSR count). The van der Waals surface area contributed by atoms with Crippen LogP contribution in [0.15, 0.2) is 12.3 Å². The molecule has 0 unspecified atom stereocenters. The van der Waals surface area contributed by atoms with Crippen molar-refractivity contribution in [2.24, 2.45) is 5.92 Å². The third-order valence-electron chi connectivity index (χ3n) is 2.32. The van der Waals surface area contributed by atoms with Crippen molar-refractivity contribution in [2.45, 2.75) is 38.6 Å². The fraction of sp³-hybridized carbons (Fsp3) is 0.778. The van der Waals surface area contributed by atoms with Gasteiger partial charge in [-0.25, -0.2) is 0 Å². The van der Waals surface area contributed by atoms with Gasteiger partial charge in [0.25, 0.3) is 0 Å². The van der Waals surface area contributed by atoms with E-state index in [1.165, 1.54) is 19.3 Å². The number of hydrogen-bond acceptors (Lipinski definition) is 3. The third kappa shape index (κ3) is 2.83. The van der Waals surface area contributed by atoms with E-state index in [0.717, 1.165) is 12.8 Å². The van der Waals surface area contributed by atoms with Gasteiger partial charge < -0.3 is 14.9 Å². The molecule has 0 aromatic heterocycles. The molecule has 1 aliphatic carbocycles. The summed E-state index contributed by atoms with van der Waals surface area (Å²) in [4.78, 5) is 0. The Labute approximate surface area is 72.7 Å². The quantitative estimate of drug-likeness (QED) is 0.499. The van der Waals surface area contributed by atoms with E-state index in [1.54, 1.807) is 0 Å². The maximum atomic E-state index is 8.53. The van der Waals surface area contributed by atoms with Gasteiger partial charge in [-0.3, -0.25) is 0 Å². The van der Waals surface area contributed by atoms with E-state index in [4.69, 9.17) is 14.9 Å². The first-order valence-corrected chi connectivity index (χ1v) is 4.41. The molecule has 0 aromatic carbocycles. The van der Waals surface area contributed by atoms with Crippen molar-refractivity contribution in [3.8, 4) is 0 Å². The van der Waals surface area contributed by atoms with Gasteiger partial charge in [-0.2, -0.15) is 0 Å². The largest absolute Gasteiger partial charge is 0.446 e. The molecule has 0 heterocycles. The van der Waals surface area contributed by atoms with Crippen molar-refractivity contribution in [1.29, 1.82) is 0 Å². The van der Waals surface area contributed by atoms with E-state index >= 15 is 0 Å². The first kappa shape index (κ1) is 9.55. The second kappa shape index (κ2) is 4.48. The topological polar surface area (TPSA) is 49.7 Å². The van der Waals surface area contributed by atoms with Crippen LogP contribution in [0.25, 0.3) is 0 Å². The number of rotatable bonds is 3. The van der Waals surface area contributed by atoms with E-state index in [0.29, 0.717) is 11.7 Å². The van der Waals surface area contributed by atoms with Gasteiger partial charge in [-0.1, -0.05) is 25.8 Å². The summed E-state index contributed by atoms with van der Waals surface area (Å²) in [6.07, 6.45) is 5.77. The molecule has 12 heavy (non-hydrogen) atoms. The first-order chi connectivity index (χ1) is 5.70. The zero-order valence-corrected chi connectivity index (χ0v) is 7.20. The average molecular weight is 172 g/mol. The van der Waals surface area contributed by atoms with E-state index in [1.807, 2.05) is 0 Å². The first-order valence-electron chi connectivity index (χ1n) is 4.41. The second-order valence-electron chi connectivity index (χ2n) is 3.25. The number of ether oxygens (including phenoxy) is 1. The summed E-state index contributed by atoms with van der Waals surface area (Å²) in [5, 5.41) is 17.1. The summed E-state index contributed by atoms with van der Waals surface area (Å²) in [5.41, 5.74) is 0. The molecule has 0 saturated heterocycles. The van der Waals surface area contributed by atoms with Crippen LogP contribution in [0, 0.1) is 5.92 Å². The predicted molar refractivity (Wildman–Crippen MR) is 45.0 cm³/mol. The summed E-state index contributed by atoms with van der Waals surface area (Å²) in [7, 11) is 0. The second-order valence-corrected chi connectivity index (χ2v) is 3.25. The van der Waals surface area contributed by atoms with Crippen LogP contribution in [0.5, 0.6) is 0 Å². The minimum Gasteiger partial charge on any atom is -0.446 e. The molecule has 0 spiro atoms. The van der Waals surface area contributed by atoms with Gasteiger partial charge in [0.2, 0.25) is 0 Å². The zero-order chi connectivity index (χ0) is 8.97. The van der Waals surface area contributed by atoms with Crippen molar-refractivity contribution in [3.05, 3.63) is 12.3 Å². The fourth-order valence-corrected chi connectivity index (χ4v) is 1.66. The van der Waals surface area contributed by atoms with Crippen molar-refractivity contribution in [3.63, 3.8) is 0 Å². The Hall–Kier alpha value is -0.540. The lowest BCUT2D eigenvalue weighted by Crippen LogP contribution is -2.16. The maximum Gasteiger partial charge on any atom is 0.310 e. The predicted octanol–water partition coefficient (Wildman–Crippen LogP) is 1.37. The molecular weight excluding hydrogens is 156 g/mol. The van der Waals surface area contributed by atoms with Crippen LogP contribution in [0.3, 0.4) is 0 Å². The number of hydrogen-bond donors (Lipinski definition) is 2. The average Bonchev–Trinajstić information content (AvgIpc) is 2.05. The van der Waals surface area contributed by atoms with Gasteiger partial charge in [0.15, 0.2) is 0 Å². The number of allylic oxidation sites excluding steroid dienone is 1. The lowest BCUT2D eigenvalue weighted by atomic mass is 9.88. The lowest BCUT2D eigenvalue weighted by molar-refractivity contribution is -0.216. The SMILES string of the molecule is C=C(OC(O)O)C1CCCCC1. The van der Waals surface area contributed by atoms with Crippen molar-refractivity contribution in [2.75, 3.05) is 0 Å². The third-order valence-corrected chi connectivity index (χ3v) is 2.32. The molecule has 0 aromatic rings. The Morgan fingerprint density at radius 2 is 1.83 bits per heavy atom. The number of aliphatic hydroxyl groups is 2. The summed E-state index contributed by atoms with van der Waals surface area (Å²) in [6.45, 7) is 1.97. The van der Waals surface area contributed by atoms with Gasteiger partial charge in [0, 0.05) is 5.92 Å². The van der Waals surface area contributed by atoms with Crippen molar-refractivity contribution < 1.29 is 14.9 Å². The minimum absolute atomic E-state index is 0.320. The van der Waals surface area contributed by atoms with E-state index in [-0.39, 0.29) is 0 Å². The van der Waals surface area contributed by atoms with Crippen molar-refractivity contribution in [1.82, 2.24) is 0 Å². The minimum atomic E-state index is -1.71. The molecule has 3 nitrogen and oxygen atoms in total. The highest BCUT2D eigenvalue weighted by molar-refractivity contribution is 4.92. The summed E-state index contributed by atoms with van der Waals surface area (Å²) in [6, 6.07) is 0. The highest BCUT2D eigenvalue weighted by Gasteiger charge is 2.18. The van der Waals surface area contributed by atoms with Crippen LogP contribution in [0.1, 0.15) is 32.1 Å². The Morgan fingerprint density at radius 3 is 2.33 bits per heavy atom. The lowest BCUT2D eigenvalue weighted by Gasteiger charge is -2.23. The molecule has 1 fully saturated rings. The van der Waals surface area contributed by atoms with Gasteiger partial charge >= 0.3 is 6.48 Å². The number of aliphatic hydroxyl groups excluding tert-OH is 1. The Bertz CT molecular complexity index is 148. The van der Waals surface area contributed by atoms with Crippen LogP contribution in [-0.4, -0.2) is 16.7 Å². The van der Waals surface area contributed by atoms with Gasteiger partial charge in [-0.05, 0) is 12.8 Å². The molecule has 0 bridgehead atoms. The van der Waals surface area contributed by atoms with E-state index < -0.39 is 6.48 Å². The Kier molecular flexibility index (Phi) is 3.56. The van der Waals surface area contributed by atoms with Crippen LogP contribution in [-0.2, 0) is 4.74 Å². The van der Waals surface area contributed by atoms with E-state index in [2.05, 4.69) is 6.58 Å². The molecule has 0 atom stereocenters. The summed E-state index contributed by atoms with van der Waals surface area (Å²) in [5.74, 6) is 0.838. The maximum absolute atomic E-state index is 8.53. The molecule has 0 radical (unpaired) electrons. The molecule has 2 N–H and O–H groups in total. The molecular formula is C9H16O3. The van der Waals surface area contributed by atoms with Crippen LogP contribution in [0.2, 0.25) is 0 Å². The summed E-state index contributed by atoms with van der Waals surface area (Å²) < 4.78 is 4.71. The van der Waals surface area contributed by atoms with Crippen molar-refractivity contribution >= 4 is 0 Å². The monoisotopic (exact) mass is 172 g/mol.